The number of nitrogens with one attached hydrogen (secondary N) is 1. The SMILES string of the molecule is Cc1cnnc(NCc2c(C)noc2C)c1. The lowest BCUT2D eigenvalue weighted by Gasteiger charge is -2.04. The highest BCUT2D eigenvalue weighted by atomic mass is 16.5. The van der Waals surface area contributed by atoms with Gasteiger partial charge in [0.25, 0.3) is 0 Å². The Bertz CT molecular complexity index is 473. The monoisotopic (exact) mass is 218 g/mol. The standard InChI is InChI=1S/C11H14N4O/c1-7-4-11(14-13-5-7)12-6-10-8(2)15-16-9(10)3/h4-5H,6H2,1-3H3,(H,12,14). The number of hydrogen-bond acceptors (Lipinski definition) is 5. The van der Waals surface area contributed by atoms with Gasteiger partial charge in [-0.2, -0.15) is 5.10 Å². The highest BCUT2D eigenvalue weighted by Crippen LogP contribution is 2.14. The smallest absolute Gasteiger partial charge is 0.149 e. The van der Waals surface area contributed by atoms with Crippen molar-refractivity contribution in [1.82, 2.24) is 15.4 Å². The van der Waals surface area contributed by atoms with Gasteiger partial charge in [0.2, 0.25) is 0 Å². The molecule has 0 aliphatic carbocycles. The number of nitrogens with zero attached hydrogens (tertiary/aromatic N) is 3. The summed E-state index contributed by atoms with van der Waals surface area (Å²) in [5.41, 5.74) is 3.06. The van der Waals surface area contributed by atoms with Gasteiger partial charge in [0.1, 0.15) is 11.6 Å². The van der Waals surface area contributed by atoms with Crippen LogP contribution in [0.5, 0.6) is 0 Å². The summed E-state index contributed by atoms with van der Waals surface area (Å²) in [6.45, 7) is 6.46. The second kappa shape index (κ2) is 4.30. The Labute approximate surface area is 93.9 Å². The minimum atomic E-state index is 0.652. The fourth-order valence-corrected chi connectivity index (χ4v) is 1.48. The van der Waals surface area contributed by atoms with E-state index in [2.05, 4.69) is 20.7 Å². The van der Waals surface area contributed by atoms with Crippen molar-refractivity contribution < 1.29 is 4.52 Å². The highest BCUT2D eigenvalue weighted by molar-refractivity contribution is 5.37. The molecule has 2 heterocycles. The summed E-state index contributed by atoms with van der Waals surface area (Å²) in [6, 6.07) is 1.95. The van der Waals surface area contributed by atoms with E-state index in [1.165, 1.54) is 0 Å². The van der Waals surface area contributed by atoms with Crippen LogP contribution in [0.3, 0.4) is 0 Å². The molecule has 0 saturated carbocycles. The fraction of sp³-hybridized carbons (Fsp3) is 0.364. The molecule has 0 saturated heterocycles. The topological polar surface area (TPSA) is 63.8 Å². The van der Waals surface area contributed by atoms with Crippen LogP contribution in [-0.4, -0.2) is 15.4 Å². The third kappa shape index (κ3) is 2.18. The molecule has 5 nitrogen and oxygen atoms in total. The van der Waals surface area contributed by atoms with Gasteiger partial charge < -0.3 is 9.84 Å². The van der Waals surface area contributed by atoms with Gasteiger partial charge >= 0.3 is 0 Å². The first-order chi connectivity index (χ1) is 7.66. The van der Waals surface area contributed by atoms with E-state index in [-0.39, 0.29) is 0 Å². The van der Waals surface area contributed by atoms with Gasteiger partial charge in [-0.05, 0) is 32.4 Å². The average Bonchev–Trinajstić information content (AvgIpc) is 2.56. The van der Waals surface area contributed by atoms with Gasteiger partial charge in [0.15, 0.2) is 0 Å². The molecule has 0 atom stereocenters. The normalized spacial score (nSPS) is 10.4. The van der Waals surface area contributed by atoms with E-state index in [0.29, 0.717) is 6.54 Å². The molecule has 0 spiro atoms. The minimum Gasteiger partial charge on any atom is -0.364 e. The second-order valence-electron chi connectivity index (χ2n) is 3.77. The number of aromatic nitrogens is 3. The second-order valence-corrected chi connectivity index (χ2v) is 3.77. The third-order valence-corrected chi connectivity index (χ3v) is 2.42. The summed E-state index contributed by atoms with van der Waals surface area (Å²) in [7, 11) is 0. The quantitative estimate of drug-likeness (QED) is 0.853. The maximum Gasteiger partial charge on any atom is 0.149 e. The van der Waals surface area contributed by atoms with Crippen molar-refractivity contribution in [2.45, 2.75) is 27.3 Å². The molecule has 0 fully saturated rings. The molecule has 2 aromatic heterocycles. The van der Waals surface area contributed by atoms with Crippen LogP contribution >= 0.6 is 0 Å². The molecule has 0 aliphatic rings. The Kier molecular flexibility index (Phi) is 2.85. The van der Waals surface area contributed by atoms with Gasteiger partial charge in [-0.25, -0.2) is 0 Å². The molecule has 0 aromatic carbocycles. The van der Waals surface area contributed by atoms with Crippen LogP contribution in [-0.2, 0) is 6.54 Å². The van der Waals surface area contributed by atoms with Crippen molar-refractivity contribution in [1.29, 1.82) is 0 Å². The summed E-state index contributed by atoms with van der Waals surface area (Å²) < 4.78 is 5.08. The Morgan fingerprint density at radius 2 is 2.12 bits per heavy atom. The molecule has 1 N–H and O–H groups in total. The number of anilines is 1. The lowest BCUT2D eigenvalue weighted by atomic mass is 10.2. The van der Waals surface area contributed by atoms with Crippen molar-refractivity contribution in [3.05, 3.63) is 34.8 Å². The van der Waals surface area contributed by atoms with Crippen LogP contribution in [0.4, 0.5) is 5.82 Å². The molecule has 0 unspecified atom stereocenters. The van der Waals surface area contributed by atoms with E-state index in [9.17, 15) is 0 Å². The van der Waals surface area contributed by atoms with Crippen molar-refractivity contribution in [3.8, 4) is 0 Å². The molecule has 0 amide bonds. The molecule has 0 bridgehead atoms. The van der Waals surface area contributed by atoms with E-state index in [1.54, 1.807) is 6.20 Å². The lowest BCUT2D eigenvalue weighted by Crippen LogP contribution is -2.04. The zero-order valence-electron chi connectivity index (χ0n) is 9.61. The molecule has 16 heavy (non-hydrogen) atoms. The van der Waals surface area contributed by atoms with Crippen LogP contribution in [0.2, 0.25) is 0 Å². The maximum absolute atomic E-state index is 5.08. The Morgan fingerprint density at radius 3 is 2.75 bits per heavy atom. The summed E-state index contributed by atoms with van der Waals surface area (Å²) >= 11 is 0. The van der Waals surface area contributed by atoms with Crippen LogP contribution in [0.1, 0.15) is 22.6 Å². The third-order valence-electron chi connectivity index (χ3n) is 2.42. The number of aryl methyl sites for hydroxylation is 3. The average molecular weight is 218 g/mol. The summed E-state index contributed by atoms with van der Waals surface area (Å²) in [5.74, 6) is 1.60. The summed E-state index contributed by atoms with van der Waals surface area (Å²) in [5, 5.41) is 15.0. The largest absolute Gasteiger partial charge is 0.364 e. The van der Waals surface area contributed by atoms with Crippen molar-refractivity contribution >= 4 is 5.82 Å². The molecule has 0 radical (unpaired) electrons. The van der Waals surface area contributed by atoms with Crippen LogP contribution in [0, 0.1) is 20.8 Å². The van der Waals surface area contributed by atoms with E-state index in [4.69, 9.17) is 4.52 Å². The van der Waals surface area contributed by atoms with Gasteiger partial charge in [0, 0.05) is 12.1 Å². The van der Waals surface area contributed by atoms with Crippen molar-refractivity contribution in [2.75, 3.05) is 5.32 Å². The molecule has 5 heteroatoms. The first-order valence-electron chi connectivity index (χ1n) is 5.12. The predicted octanol–water partition coefficient (Wildman–Crippen LogP) is 2.00. The number of rotatable bonds is 3. The zero-order chi connectivity index (χ0) is 11.5. The predicted molar refractivity (Wildman–Crippen MR) is 60.1 cm³/mol. The molecule has 2 rings (SSSR count). The molecule has 84 valence electrons. The van der Waals surface area contributed by atoms with Crippen LogP contribution in [0.25, 0.3) is 0 Å². The van der Waals surface area contributed by atoms with E-state index in [1.807, 2.05) is 26.8 Å². The Morgan fingerprint density at radius 1 is 1.31 bits per heavy atom. The fourth-order valence-electron chi connectivity index (χ4n) is 1.48. The van der Waals surface area contributed by atoms with Gasteiger partial charge in [0.05, 0.1) is 11.9 Å². The Hall–Kier alpha value is -1.91. The maximum atomic E-state index is 5.08. The first-order valence-corrected chi connectivity index (χ1v) is 5.12. The summed E-state index contributed by atoms with van der Waals surface area (Å²) in [4.78, 5) is 0. The zero-order valence-corrected chi connectivity index (χ0v) is 9.61. The minimum absolute atomic E-state index is 0.652. The van der Waals surface area contributed by atoms with Crippen molar-refractivity contribution in [3.63, 3.8) is 0 Å². The Balaban J connectivity index is 2.08. The van der Waals surface area contributed by atoms with Crippen molar-refractivity contribution in [2.24, 2.45) is 0 Å². The number of hydrogen-bond donors (Lipinski definition) is 1. The van der Waals surface area contributed by atoms with E-state index in [0.717, 1.165) is 28.4 Å². The first kappa shape index (κ1) is 10.6. The van der Waals surface area contributed by atoms with Gasteiger partial charge in [-0.15, -0.1) is 5.10 Å². The lowest BCUT2D eigenvalue weighted by molar-refractivity contribution is 0.392. The van der Waals surface area contributed by atoms with E-state index < -0.39 is 0 Å². The molecule has 2 aromatic rings. The van der Waals surface area contributed by atoms with Gasteiger partial charge in [-0.3, -0.25) is 0 Å². The van der Waals surface area contributed by atoms with Crippen LogP contribution < -0.4 is 5.32 Å². The summed E-state index contributed by atoms with van der Waals surface area (Å²) in [6.07, 6.45) is 1.72. The molecular formula is C11H14N4O. The van der Waals surface area contributed by atoms with E-state index >= 15 is 0 Å². The molecular weight excluding hydrogens is 204 g/mol. The molecule has 0 aliphatic heterocycles. The van der Waals surface area contributed by atoms with Gasteiger partial charge in [-0.1, -0.05) is 5.16 Å². The highest BCUT2D eigenvalue weighted by Gasteiger charge is 2.08. The van der Waals surface area contributed by atoms with Crippen LogP contribution in [0.15, 0.2) is 16.8 Å².